The van der Waals surface area contributed by atoms with Crippen molar-refractivity contribution in [1.82, 2.24) is 4.90 Å². The monoisotopic (exact) mass is 250 g/mol. The van der Waals surface area contributed by atoms with E-state index in [0.29, 0.717) is 13.2 Å². The van der Waals surface area contributed by atoms with Gasteiger partial charge in [0.2, 0.25) is 0 Å². The maximum atomic E-state index is 5.41. The molecule has 1 fully saturated rings. The molecule has 3 nitrogen and oxygen atoms in total. The molecule has 2 atom stereocenters. The number of ether oxygens (including phenoxy) is 1. The summed E-state index contributed by atoms with van der Waals surface area (Å²) in [5, 5.41) is 0. The molecule has 98 valence electrons. The molecule has 0 radical (unpaired) electrons. The van der Waals surface area contributed by atoms with E-state index in [0.717, 1.165) is 25.1 Å². The number of rotatable bonds is 6. The lowest BCUT2D eigenvalue weighted by Gasteiger charge is -2.36. The van der Waals surface area contributed by atoms with E-state index in [2.05, 4.69) is 18.9 Å². The van der Waals surface area contributed by atoms with Crippen molar-refractivity contribution >= 4 is 12.4 Å². The molecule has 0 aliphatic heterocycles. The molecule has 0 saturated heterocycles. The van der Waals surface area contributed by atoms with Crippen molar-refractivity contribution in [3.8, 4) is 0 Å². The molecule has 4 heteroatoms. The largest absolute Gasteiger partial charge is 0.379 e. The van der Waals surface area contributed by atoms with Gasteiger partial charge in [0, 0.05) is 19.1 Å². The van der Waals surface area contributed by atoms with Crippen LogP contribution in [-0.2, 0) is 4.74 Å². The van der Waals surface area contributed by atoms with Crippen molar-refractivity contribution in [2.24, 2.45) is 11.7 Å². The number of hydrogen-bond donors (Lipinski definition) is 1. The smallest absolute Gasteiger partial charge is 0.0594 e. The van der Waals surface area contributed by atoms with Gasteiger partial charge in [0.15, 0.2) is 0 Å². The maximum Gasteiger partial charge on any atom is 0.0594 e. The van der Waals surface area contributed by atoms with Gasteiger partial charge in [-0.3, -0.25) is 0 Å². The van der Waals surface area contributed by atoms with Crippen LogP contribution in [0.4, 0.5) is 0 Å². The molecule has 0 heterocycles. The van der Waals surface area contributed by atoms with Crippen molar-refractivity contribution in [3.63, 3.8) is 0 Å². The van der Waals surface area contributed by atoms with Gasteiger partial charge in [0.25, 0.3) is 0 Å². The first-order valence-corrected chi connectivity index (χ1v) is 6.23. The molecular formula is C12H27ClN2O. The van der Waals surface area contributed by atoms with Crippen molar-refractivity contribution in [2.75, 3.05) is 33.4 Å². The fourth-order valence-corrected chi connectivity index (χ4v) is 2.51. The third kappa shape index (κ3) is 5.48. The Balaban J connectivity index is 0.00000225. The second-order valence-electron chi connectivity index (χ2n) is 4.71. The summed E-state index contributed by atoms with van der Waals surface area (Å²) in [6.07, 6.45) is 5.55. The summed E-state index contributed by atoms with van der Waals surface area (Å²) in [7, 11) is 2.22. The molecule has 0 aromatic carbocycles. The SMILES string of the molecule is CC1CCCCC1N(C)CCOCCN.Cl. The summed E-state index contributed by atoms with van der Waals surface area (Å²) >= 11 is 0. The van der Waals surface area contributed by atoms with Gasteiger partial charge in [-0.2, -0.15) is 0 Å². The fourth-order valence-electron chi connectivity index (χ4n) is 2.51. The Morgan fingerprint density at radius 3 is 2.56 bits per heavy atom. The van der Waals surface area contributed by atoms with Crippen LogP contribution < -0.4 is 5.73 Å². The molecule has 1 aliphatic rings. The first kappa shape index (κ1) is 16.2. The van der Waals surface area contributed by atoms with Crippen LogP contribution in [0.25, 0.3) is 0 Å². The van der Waals surface area contributed by atoms with Crippen molar-refractivity contribution < 1.29 is 4.74 Å². The molecule has 1 rings (SSSR count). The standard InChI is InChI=1S/C12H26N2O.ClH/c1-11-5-3-4-6-12(11)14(2)8-10-15-9-7-13;/h11-12H,3-10,13H2,1-2H3;1H. The van der Waals surface area contributed by atoms with Gasteiger partial charge in [-0.15, -0.1) is 12.4 Å². The Morgan fingerprint density at radius 2 is 1.94 bits per heavy atom. The van der Waals surface area contributed by atoms with Crippen LogP contribution in [0, 0.1) is 5.92 Å². The van der Waals surface area contributed by atoms with Gasteiger partial charge >= 0.3 is 0 Å². The summed E-state index contributed by atoms with van der Waals surface area (Å²) in [6, 6.07) is 0.764. The van der Waals surface area contributed by atoms with Crippen LogP contribution >= 0.6 is 12.4 Å². The average Bonchev–Trinajstić information content (AvgIpc) is 2.25. The lowest BCUT2D eigenvalue weighted by atomic mass is 9.85. The van der Waals surface area contributed by atoms with Crippen molar-refractivity contribution in [1.29, 1.82) is 0 Å². The molecule has 0 spiro atoms. The van der Waals surface area contributed by atoms with E-state index < -0.39 is 0 Å². The Labute approximate surface area is 106 Å². The second-order valence-corrected chi connectivity index (χ2v) is 4.71. The summed E-state index contributed by atoms with van der Waals surface area (Å²) in [5.74, 6) is 0.846. The molecule has 1 saturated carbocycles. The molecule has 16 heavy (non-hydrogen) atoms. The van der Waals surface area contributed by atoms with E-state index in [-0.39, 0.29) is 12.4 Å². The summed E-state index contributed by atoms with van der Waals surface area (Å²) in [4.78, 5) is 2.46. The minimum Gasteiger partial charge on any atom is -0.379 e. The minimum absolute atomic E-state index is 0. The van der Waals surface area contributed by atoms with E-state index in [1.807, 2.05) is 0 Å². The minimum atomic E-state index is 0. The van der Waals surface area contributed by atoms with Crippen LogP contribution in [0.3, 0.4) is 0 Å². The highest BCUT2D eigenvalue weighted by Gasteiger charge is 2.24. The van der Waals surface area contributed by atoms with E-state index >= 15 is 0 Å². The third-order valence-electron chi connectivity index (χ3n) is 3.48. The molecule has 0 amide bonds. The number of likely N-dealkylation sites (N-methyl/N-ethyl adjacent to an activating group) is 1. The molecule has 2 unspecified atom stereocenters. The molecular weight excluding hydrogens is 224 g/mol. The second kappa shape index (κ2) is 9.23. The van der Waals surface area contributed by atoms with E-state index in [4.69, 9.17) is 10.5 Å². The fraction of sp³-hybridized carbons (Fsp3) is 1.00. The Kier molecular flexibility index (Phi) is 9.32. The maximum absolute atomic E-state index is 5.41. The summed E-state index contributed by atoms with van der Waals surface area (Å²) < 4.78 is 5.41. The van der Waals surface area contributed by atoms with Gasteiger partial charge in [-0.05, 0) is 25.8 Å². The average molecular weight is 251 g/mol. The van der Waals surface area contributed by atoms with E-state index in [1.165, 1.54) is 25.7 Å². The van der Waals surface area contributed by atoms with Crippen molar-refractivity contribution in [3.05, 3.63) is 0 Å². The van der Waals surface area contributed by atoms with E-state index in [9.17, 15) is 0 Å². The number of nitrogens with zero attached hydrogens (tertiary/aromatic N) is 1. The van der Waals surface area contributed by atoms with Gasteiger partial charge < -0.3 is 15.4 Å². The van der Waals surface area contributed by atoms with Gasteiger partial charge in [0.05, 0.1) is 13.2 Å². The van der Waals surface area contributed by atoms with Crippen LogP contribution in [0.5, 0.6) is 0 Å². The van der Waals surface area contributed by atoms with Crippen LogP contribution in [0.15, 0.2) is 0 Å². The lowest BCUT2D eigenvalue weighted by molar-refractivity contribution is 0.0777. The topological polar surface area (TPSA) is 38.5 Å². The first-order valence-electron chi connectivity index (χ1n) is 6.23. The predicted molar refractivity (Wildman–Crippen MR) is 71.2 cm³/mol. The Morgan fingerprint density at radius 1 is 1.25 bits per heavy atom. The molecule has 2 N–H and O–H groups in total. The highest BCUT2D eigenvalue weighted by atomic mass is 35.5. The zero-order valence-electron chi connectivity index (χ0n) is 10.7. The zero-order valence-corrected chi connectivity index (χ0v) is 11.5. The Bertz CT molecular complexity index is 169. The quantitative estimate of drug-likeness (QED) is 0.732. The van der Waals surface area contributed by atoms with Crippen LogP contribution in [-0.4, -0.2) is 44.3 Å². The third-order valence-corrected chi connectivity index (χ3v) is 3.48. The van der Waals surface area contributed by atoms with Gasteiger partial charge in [0.1, 0.15) is 0 Å². The summed E-state index contributed by atoms with van der Waals surface area (Å²) in [6.45, 7) is 5.55. The molecule has 0 aromatic rings. The van der Waals surface area contributed by atoms with Crippen molar-refractivity contribution in [2.45, 2.75) is 38.6 Å². The van der Waals surface area contributed by atoms with Gasteiger partial charge in [-0.25, -0.2) is 0 Å². The number of hydrogen-bond acceptors (Lipinski definition) is 3. The highest BCUT2D eigenvalue weighted by Crippen LogP contribution is 2.26. The van der Waals surface area contributed by atoms with Crippen LogP contribution in [0.1, 0.15) is 32.6 Å². The normalized spacial score (nSPS) is 25.5. The summed E-state index contributed by atoms with van der Waals surface area (Å²) in [5.41, 5.74) is 5.37. The number of nitrogens with two attached hydrogens (primary N) is 1. The van der Waals surface area contributed by atoms with Gasteiger partial charge in [-0.1, -0.05) is 19.8 Å². The Hall–Kier alpha value is 0.170. The zero-order chi connectivity index (χ0) is 11.1. The molecule has 1 aliphatic carbocycles. The number of halogens is 1. The highest BCUT2D eigenvalue weighted by molar-refractivity contribution is 5.85. The van der Waals surface area contributed by atoms with Crippen LogP contribution in [0.2, 0.25) is 0 Å². The molecule has 0 bridgehead atoms. The van der Waals surface area contributed by atoms with E-state index in [1.54, 1.807) is 0 Å². The molecule has 0 aromatic heterocycles. The predicted octanol–water partition coefficient (Wildman–Crippen LogP) is 1.89. The lowest BCUT2D eigenvalue weighted by Crippen LogP contribution is -2.40. The first-order chi connectivity index (χ1) is 7.25.